The van der Waals surface area contributed by atoms with Crippen LogP contribution in [0.2, 0.25) is 0 Å². The van der Waals surface area contributed by atoms with Crippen LogP contribution < -0.4 is 0 Å². The third-order valence-electron chi connectivity index (χ3n) is 21.6. The zero-order valence-corrected chi connectivity index (χ0v) is 76.7. The first kappa shape index (κ1) is 94.3. The Morgan fingerprint density at radius 3 is 0.455 bits per heavy atom. The summed E-state index contributed by atoms with van der Waals surface area (Å²) in [6, 6.07) is 122. The first-order chi connectivity index (χ1) is 64.2. The van der Waals surface area contributed by atoms with Gasteiger partial charge in [-0.2, -0.15) is 0 Å². The molecule has 0 heterocycles. The van der Waals surface area contributed by atoms with E-state index >= 15 is 0 Å². The first-order valence-electron chi connectivity index (χ1n) is 40.9. The Balaban J connectivity index is 0.000000166. The van der Waals surface area contributed by atoms with Crippen molar-refractivity contribution in [2.75, 3.05) is 0 Å². The van der Waals surface area contributed by atoms with Crippen LogP contribution >= 0.6 is 10.7 Å². The van der Waals surface area contributed by atoms with E-state index in [2.05, 4.69) is 72.8 Å². The molecule has 18 rings (SSSR count). The van der Waals surface area contributed by atoms with Gasteiger partial charge in [0.05, 0.1) is 63.6 Å². The number of sulfone groups is 6. The van der Waals surface area contributed by atoms with Gasteiger partial charge in [-0.1, -0.05) is 237 Å². The molecule has 0 saturated carbocycles. The smallest absolute Gasteiger partial charge is 0.219 e. The molecule has 0 aliphatic carbocycles. The predicted molar refractivity (Wildman–Crippen MR) is 513 cm³/mol. The van der Waals surface area contributed by atoms with Gasteiger partial charge in [-0.25, -0.2) is 76.5 Å². The summed E-state index contributed by atoms with van der Waals surface area (Å²) in [4.78, 5) is 0.619. The van der Waals surface area contributed by atoms with E-state index in [9.17, 15) is 76.5 Å². The van der Waals surface area contributed by atoms with Gasteiger partial charge in [0.15, 0.2) is 0 Å². The zero-order valence-electron chi connectivity index (χ0n) is 70.3. The molecule has 0 spiro atoms. The van der Waals surface area contributed by atoms with E-state index in [1.165, 1.54) is 168 Å². The van der Waals surface area contributed by atoms with E-state index in [0.717, 1.165) is 81.9 Å². The summed E-state index contributed by atoms with van der Waals surface area (Å²) in [7, 11) is -21.5. The quantitative estimate of drug-likeness (QED) is 0.0369. The molecule has 0 radical (unpaired) electrons. The molecule has 18 aromatic rings. The summed E-state index contributed by atoms with van der Waals surface area (Å²) in [5.74, 6) is -2.07. The Morgan fingerprint density at radius 1 is 0.127 bits per heavy atom. The van der Waals surface area contributed by atoms with Gasteiger partial charge in [0.25, 0.3) is 9.05 Å². The molecule has 0 saturated heterocycles. The summed E-state index contributed by atoms with van der Waals surface area (Å²) >= 11 is 0. The number of benzene rings is 18. The number of halogens is 5. The lowest BCUT2D eigenvalue weighted by molar-refractivity contribution is 0.593. The zero-order chi connectivity index (χ0) is 94.6. The first-order valence-corrected chi connectivity index (χ1v) is 52.2. The minimum absolute atomic E-state index is 0.00308. The standard InChI is InChI=1S/C54H36F2O8S4.C18H12ClFO4S2.C18H13FO2S.C18H14/c55-45-17-31-52(32-18-45)67(61,62)48-23-9-38(10-24-48)37-7-21-47(22-8-37)65(57,58)49-25-11-39(12-26-49)42-3-1-4-43(35-42)40-13-27-50(28-14-40)66(59,60)51-29-15-41(16-30-51)44-5-2-6-54(36-44)68(63,64)53-33-19-46(56)20-34-53;19-26(23,24)18-9-3-14(4-10-18)13-1-7-16(8-2-13)25(21,22)17-11-5-15(20)6-12-17;19-16-8-12-18(13-9-16)22(20,21)17-10-6-15(7-11-17)14-4-2-1-3-5-14;1-3-8-15(9-4-1)17-12-7-13-18(14-17)16-10-5-2-6-11-16/h1-36H;1-12H;1-13H;1-14H. The molecule has 14 nitrogen and oxygen atoms in total. The van der Waals surface area contributed by atoms with Gasteiger partial charge in [0.2, 0.25) is 59.0 Å². The van der Waals surface area contributed by atoms with Crippen LogP contribution in [-0.2, 0) is 68.1 Å². The molecule has 0 aromatic heterocycles. The Labute approximate surface area is 779 Å². The van der Waals surface area contributed by atoms with Crippen LogP contribution in [0, 0.1) is 23.3 Å². The molecule has 0 unspecified atom stereocenters. The van der Waals surface area contributed by atoms with Gasteiger partial charge in [-0.3, -0.25) is 0 Å². The highest BCUT2D eigenvalue weighted by Crippen LogP contribution is 2.37. The topological polar surface area (TPSA) is 239 Å². The lowest BCUT2D eigenvalue weighted by Crippen LogP contribution is -2.03. The average Bonchev–Trinajstić information content (AvgIpc) is 0.791. The molecule has 0 amide bonds. The van der Waals surface area contributed by atoms with Crippen molar-refractivity contribution < 1.29 is 76.5 Å². The van der Waals surface area contributed by atoms with Crippen molar-refractivity contribution in [2.24, 2.45) is 0 Å². The van der Waals surface area contributed by atoms with E-state index in [-0.39, 0.29) is 63.6 Å². The van der Waals surface area contributed by atoms with Crippen LogP contribution in [0.3, 0.4) is 0 Å². The van der Waals surface area contributed by atoms with Crippen LogP contribution in [-0.4, -0.2) is 58.9 Å². The van der Waals surface area contributed by atoms with Crippen LogP contribution in [0.1, 0.15) is 0 Å². The maximum atomic E-state index is 13.7. The van der Waals surface area contributed by atoms with Crippen molar-refractivity contribution in [3.8, 4) is 89.0 Å². The van der Waals surface area contributed by atoms with Crippen molar-refractivity contribution in [2.45, 2.75) is 63.6 Å². The minimum Gasteiger partial charge on any atom is -0.219 e. The molecule has 26 heteroatoms. The van der Waals surface area contributed by atoms with Crippen LogP contribution in [0.15, 0.2) is 519 Å². The third kappa shape index (κ3) is 22.0. The molecule has 0 atom stereocenters. The van der Waals surface area contributed by atoms with E-state index < -0.39 is 91.3 Å². The summed E-state index contributed by atoms with van der Waals surface area (Å²) < 4.78 is 232. The van der Waals surface area contributed by atoms with Crippen molar-refractivity contribution in [1.82, 2.24) is 0 Å². The Kier molecular flexibility index (Phi) is 28.4. The van der Waals surface area contributed by atoms with Gasteiger partial charge in [-0.05, 0) is 307 Å². The van der Waals surface area contributed by atoms with Crippen LogP contribution in [0.25, 0.3) is 89.0 Å². The molecule has 668 valence electrons. The maximum absolute atomic E-state index is 13.7. The van der Waals surface area contributed by atoms with E-state index in [1.807, 2.05) is 66.7 Å². The molecule has 0 N–H and O–H groups in total. The monoisotopic (exact) mass is 1930 g/mol. The Hall–Kier alpha value is -14.4. The van der Waals surface area contributed by atoms with E-state index in [4.69, 9.17) is 10.7 Å². The minimum atomic E-state index is -3.93. The third-order valence-corrected chi connectivity index (χ3v) is 33.7. The van der Waals surface area contributed by atoms with Crippen LogP contribution in [0.5, 0.6) is 0 Å². The fourth-order valence-corrected chi connectivity index (χ4v) is 22.7. The number of hydrogen-bond donors (Lipinski definition) is 0. The summed E-state index contributed by atoms with van der Waals surface area (Å²) in [6.45, 7) is 0. The fraction of sp³-hybridized carbons (Fsp3) is 0. The summed E-state index contributed by atoms with van der Waals surface area (Å²) in [6.07, 6.45) is 0. The Morgan fingerprint density at radius 2 is 0.261 bits per heavy atom. The largest absolute Gasteiger partial charge is 0.261 e. The number of hydrogen-bond acceptors (Lipinski definition) is 14. The predicted octanol–water partition coefficient (Wildman–Crippen LogP) is 25.6. The van der Waals surface area contributed by atoms with E-state index in [0.29, 0.717) is 33.4 Å². The second-order valence-corrected chi connectivity index (χ2v) is 44.5. The molecule has 0 aliphatic rings. The summed E-state index contributed by atoms with van der Waals surface area (Å²) in [5, 5.41) is 0. The fourth-order valence-electron chi connectivity index (χ4n) is 14.4. The molecule has 0 aliphatic heterocycles. The van der Waals surface area contributed by atoms with Gasteiger partial charge in [0.1, 0.15) is 23.3 Å². The molecule has 134 heavy (non-hydrogen) atoms. The lowest BCUT2D eigenvalue weighted by Gasteiger charge is -2.10. The highest BCUT2D eigenvalue weighted by molar-refractivity contribution is 8.13. The van der Waals surface area contributed by atoms with Gasteiger partial charge in [0, 0.05) is 10.7 Å². The molecule has 0 bridgehead atoms. The molecular formula is C108H75ClF4O14S7. The van der Waals surface area contributed by atoms with Crippen molar-refractivity contribution in [3.05, 3.63) is 478 Å². The van der Waals surface area contributed by atoms with Crippen molar-refractivity contribution in [1.29, 1.82) is 0 Å². The maximum Gasteiger partial charge on any atom is 0.261 e. The molecular weight excluding hydrogens is 1860 g/mol. The lowest BCUT2D eigenvalue weighted by atomic mass is 9.99. The SMILES string of the molecule is O=S(=O)(Cl)c1ccc(-c2ccc(S(=O)(=O)c3ccc(F)cc3)cc2)cc1.O=S(=O)(c1ccc(F)cc1)c1ccc(-c2ccc(S(=O)(=O)c3ccc(-c4cccc(-c5ccc(S(=O)(=O)c6ccc(-c7cccc(S(=O)(=O)c8ccc(F)cc8)c7)cc6)cc5)c4)cc3)cc2)cc1.O=S(=O)(c1ccc(F)cc1)c1ccc(-c2ccccc2)cc1.c1ccc(-c2cccc(-c3ccccc3)c2)cc1. The van der Waals surface area contributed by atoms with Crippen molar-refractivity contribution in [3.63, 3.8) is 0 Å². The highest BCUT2D eigenvalue weighted by atomic mass is 35.7. The summed E-state index contributed by atoms with van der Waals surface area (Å²) in [5.41, 5.74) is 14.1. The molecule has 18 aromatic carbocycles. The van der Waals surface area contributed by atoms with Gasteiger partial charge < -0.3 is 0 Å². The van der Waals surface area contributed by atoms with Gasteiger partial charge >= 0.3 is 0 Å². The second-order valence-electron chi connectivity index (χ2n) is 30.3. The normalized spacial score (nSPS) is 11.7. The van der Waals surface area contributed by atoms with Gasteiger partial charge in [-0.15, -0.1) is 0 Å². The van der Waals surface area contributed by atoms with E-state index in [1.54, 1.807) is 121 Å². The highest BCUT2D eigenvalue weighted by Gasteiger charge is 2.26. The van der Waals surface area contributed by atoms with Crippen LogP contribution in [0.4, 0.5) is 17.6 Å². The number of rotatable bonds is 21. The second kappa shape index (κ2) is 40.4. The molecule has 0 fully saturated rings. The Bertz CT molecular complexity index is 8070. The average molecular weight is 1930 g/mol. The van der Waals surface area contributed by atoms with Crippen molar-refractivity contribution >= 4 is 78.8 Å².